The lowest BCUT2D eigenvalue weighted by Crippen LogP contribution is -2.18. The molecule has 0 unspecified atom stereocenters. The standard InChI is InChI=1S/C11H15N3O4S/c1-3-18-11(12)14-19(16,17)10-6-4-9(5-7-10)13-8(2)15/h4-7H,3H2,1-2H3,(H2,12,14)(H,13,15). The fraction of sp³-hybridized carbons (Fsp3) is 0.273. The van der Waals surface area contributed by atoms with Gasteiger partial charge in [-0.05, 0) is 31.2 Å². The molecule has 0 radical (unpaired) electrons. The van der Waals surface area contributed by atoms with Crippen LogP contribution in [-0.4, -0.2) is 27.0 Å². The van der Waals surface area contributed by atoms with Crippen LogP contribution in [0.2, 0.25) is 0 Å². The van der Waals surface area contributed by atoms with E-state index in [4.69, 9.17) is 10.5 Å². The van der Waals surface area contributed by atoms with Gasteiger partial charge in [0.05, 0.1) is 11.5 Å². The van der Waals surface area contributed by atoms with E-state index < -0.39 is 16.0 Å². The highest BCUT2D eigenvalue weighted by atomic mass is 32.2. The molecule has 7 nitrogen and oxygen atoms in total. The van der Waals surface area contributed by atoms with Crippen molar-refractivity contribution in [2.75, 3.05) is 11.9 Å². The molecule has 0 saturated carbocycles. The van der Waals surface area contributed by atoms with Crippen LogP contribution in [-0.2, 0) is 19.6 Å². The second-order valence-corrected chi connectivity index (χ2v) is 5.15. The van der Waals surface area contributed by atoms with Gasteiger partial charge in [0.1, 0.15) is 0 Å². The number of hydrogen-bond donors (Lipinski definition) is 2. The van der Waals surface area contributed by atoms with Crippen molar-refractivity contribution in [3.8, 4) is 0 Å². The number of sulfonamides is 1. The summed E-state index contributed by atoms with van der Waals surface area (Å²) in [6.45, 7) is 3.25. The maximum Gasteiger partial charge on any atom is 0.298 e. The highest BCUT2D eigenvalue weighted by molar-refractivity contribution is 7.90. The second-order valence-electron chi connectivity index (χ2n) is 3.54. The van der Waals surface area contributed by atoms with Crippen molar-refractivity contribution in [1.29, 1.82) is 0 Å². The number of amides is 1. The zero-order valence-corrected chi connectivity index (χ0v) is 11.4. The molecule has 0 aromatic heterocycles. The summed E-state index contributed by atoms with van der Waals surface area (Å²) in [4.78, 5) is 10.8. The lowest BCUT2D eigenvalue weighted by atomic mass is 10.3. The van der Waals surface area contributed by atoms with E-state index in [-0.39, 0.29) is 17.4 Å². The largest absolute Gasteiger partial charge is 0.465 e. The quantitative estimate of drug-likeness (QED) is 0.624. The van der Waals surface area contributed by atoms with E-state index in [1.165, 1.54) is 31.2 Å². The molecular weight excluding hydrogens is 270 g/mol. The summed E-state index contributed by atoms with van der Waals surface area (Å²) in [6, 6.07) is 5.15. The number of rotatable bonds is 4. The van der Waals surface area contributed by atoms with Gasteiger partial charge in [0.25, 0.3) is 16.0 Å². The number of benzene rings is 1. The molecule has 0 spiro atoms. The van der Waals surface area contributed by atoms with Crippen molar-refractivity contribution >= 4 is 27.6 Å². The first kappa shape index (κ1) is 15.0. The van der Waals surface area contributed by atoms with Crippen molar-refractivity contribution in [2.24, 2.45) is 10.1 Å². The average molecular weight is 285 g/mol. The van der Waals surface area contributed by atoms with E-state index >= 15 is 0 Å². The molecule has 0 bridgehead atoms. The SMILES string of the molecule is CCO/C(N)=N/S(=O)(=O)c1ccc(NC(C)=O)cc1. The van der Waals surface area contributed by atoms with Crippen molar-refractivity contribution in [3.05, 3.63) is 24.3 Å². The maximum absolute atomic E-state index is 11.8. The second kappa shape index (κ2) is 6.19. The van der Waals surface area contributed by atoms with Crippen LogP contribution in [0.4, 0.5) is 5.69 Å². The zero-order chi connectivity index (χ0) is 14.5. The first-order chi connectivity index (χ1) is 8.85. The third-order valence-corrected chi connectivity index (χ3v) is 3.26. The molecule has 0 fully saturated rings. The van der Waals surface area contributed by atoms with E-state index in [0.29, 0.717) is 5.69 Å². The first-order valence-electron chi connectivity index (χ1n) is 5.46. The van der Waals surface area contributed by atoms with Crippen LogP contribution in [0.5, 0.6) is 0 Å². The van der Waals surface area contributed by atoms with Crippen LogP contribution in [0.25, 0.3) is 0 Å². The molecule has 8 heteroatoms. The van der Waals surface area contributed by atoms with E-state index in [1.54, 1.807) is 6.92 Å². The van der Waals surface area contributed by atoms with E-state index in [0.717, 1.165) is 0 Å². The summed E-state index contributed by atoms with van der Waals surface area (Å²) in [5, 5.41) is 2.53. The van der Waals surface area contributed by atoms with Crippen LogP contribution in [0.1, 0.15) is 13.8 Å². The van der Waals surface area contributed by atoms with Crippen LogP contribution in [0, 0.1) is 0 Å². The highest BCUT2D eigenvalue weighted by Gasteiger charge is 2.14. The number of carbonyl (C=O) groups is 1. The predicted molar refractivity (Wildman–Crippen MR) is 71.2 cm³/mol. The summed E-state index contributed by atoms with van der Waals surface area (Å²) in [5.41, 5.74) is 5.79. The molecule has 19 heavy (non-hydrogen) atoms. The number of ether oxygens (including phenoxy) is 1. The van der Waals surface area contributed by atoms with Crippen molar-refractivity contribution in [2.45, 2.75) is 18.7 Å². The molecule has 0 aliphatic heterocycles. The summed E-state index contributed by atoms with van der Waals surface area (Å²) in [5.74, 6) is -0.241. The zero-order valence-electron chi connectivity index (χ0n) is 10.6. The van der Waals surface area contributed by atoms with Crippen LogP contribution >= 0.6 is 0 Å². The van der Waals surface area contributed by atoms with Crippen LogP contribution in [0.15, 0.2) is 33.6 Å². The first-order valence-corrected chi connectivity index (χ1v) is 6.90. The molecule has 0 heterocycles. The van der Waals surface area contributed by atoms with Gasteiger partial charge in [-0.15, -0.1) is 4.40 Å². The highest BCUT2D eigenvalue weighted by Crippen LogP contribution is 2.16. The molecule has 0 saturated heterocycles. The van der Waals surface area contributed by atoms with Gasteiger partial charge < -0.3 is 15.8 Å². The molecular formula is C11H15N3O4S. The third-order valence-electron chi connectivity index (χ3n) is 1.97. The van der Waals surface area contributed by atoms with Gasteiger partial charge in [-0.2, -0.15) is 8.42 Å². The van der Waals surface area contributed by atoms with Crippen LogP contribution < -0.4 is 11.1 Å². The Balaban J connectivity index is 2.97. The van der Waals surface area contributed by atoms with E-state index in [2.05, 4.69) is 9.71 Å². The summed E-state index contributed by atoms with van der Waals surface area (Å²) in [7, 11) is -3.90. The minimum Gasteiger partial charge on any atom is -0.465 e. The summed E-state index contributed by atoms with van der Waals surface area (Å²) >= 11 is 0. The Bertz CT molecular complexity index is 578. The minimum absolute atomic E-state index is 0.0377. The molecule has 0 atom stereocenters. The fourth-order valence-corrected chi connectivity index (χ4v) is 2.13. The molecule has 1 aromatic rings. The number of hydrogen-bond acceptors (Lipinski definition) is 4. The normalized spacial score (nSPS) is 12.0. The Labute approximate surface area is 111 Å². The number of nitrogens with two attached hydrogens (primary N) is 1. The Hall–Kier alpha value is -2.09. The Morgan fingerprint density at radius 3 is 2.42 bits per heavy atom. The molecule has 3 N–H and O–H groups in total. The summed E-state index contributed by atoms with van der Waals surface area (Å²) in [6.07, 6.45) is 0. The number of nitrogens with one attached hydrogen (secondary N) is 1. The van der Waals surface area contributed by atoms with Crippen LogP contribution in [0.3, 0.4) is 0 Å². The number of nitrogens with zero attached hydrogens (tertiary/aromatic N) is 1. The van der Waals surface area contributed by atoms with Crippen molar-refractivity contribution < 1.29 is 17.9 Å². The maximum atomic E-state index is 11.8. The molecule has 1 rings (SSSR count). The lowest BCUT2D eigenvalue weighted by molar-refractivity contribution is -0.114. The lowest BCUT2D eigenvalue weighted by Gasteiger charge is -2.04. The summed E-state index contributed by atoms with van der Waals surface area (Å²) < 4.78 is 31.7. The molecule has 1 aromatic carbocycles. The molecule has 104 valence electrons. The Kier molecular flexibility index (Phi) is 4.87. The molecule has 1 amide bonds. The van der Waals surface area contributed by atoms with Gasteiger partial charge in [0.15, 0.2) is 0 Å². The third kappa shape index (κ3) is 4.59. The molecule has 0 aliphatic carbocycles. The van der Waals surface area contributed by atoms with Gasteiger partial charge in [0, 0.05) is 12.6 Å². The van der Waals surface area contributed by atoms with Crippen molar-refractivity contribution in [3.63, 3.8) is 0 Å². The van der Waals surface area contributed by atoms with E-state index in [9.17, 15) is 13.2 Å². The van der Waals surface area contributed by atoms with Gasteiger partial charge in [-0.25, -0.2) is 0 Å². The Morgan fingerprint density at radius 1 is 1.37 bits per heavy atom. The average Bonchev–Trinajstić information content (AvgIpc) is 2.28. The monoisotopic (exact) mass is 285 g/mol. The van der Waals surface area contributed by atoms with Crippen molar-refractivity contribution in [1.82, 2.24) is 0 Å². The van der Waals surface area contributed by atoms with Gasteiger partial charge in [-0.3, -0.25) is 4.79 Å². The number of anilines is 1. The van der Waals surface area contributed by atoms with E-state index in [1.807, 2.05) is 0 Å². The number of carbonyl (C=O) groups excluding carboxylic acids is 1. The van der Waals surface area contributed by atoms with Gasteiger partial charge in [-0.1, -0.05) is 0 Å². The topological polar surface area (TPSA) is 111 Å². The van der Waals surface area contributed by atoms with Gasteiger partial charge in [0.2, 0.25) is 5.91 Å². The predicted octanol–water partition coefficient (Wildman–Crippen LogP) is 0.685. The molecule has 0 aliphatic rings. The van der Waals surface area contributed by atoms with Gasteiger partial charge >= 0.3 is 0 Å². The smallest absolute Gasteiger partial charge is 0.298 e. The number of amidine groups is 1. The minimum atomic E-state index is -3.90. The fourth-order valence-electron chi connectivity index (χ4n) is 1.26. The Morgan fingerprint density at radius 2 is 1.95 bits per heavy atom.